The lowest BCUT2D eigenvalue weighted by Gasteiger charge is -2.29. The molecule has 12 heteroatoms. The fourth-order valence-corrected chi connectivity index (χ4v) is 5.36. The topological polar surface area (TPSA) is 89.1 Å². The van der Waals surface area contributed by atoms with E-state index >= 15 is 0 Å². The van der Waals surface area contributed by atoms with Crippen LogP contribution in [0.15, 0.2) is 90.9 Å². The maximum Gasteiger partial charge on any atom is 0.217 e. The first-order valence-corrected chi connectivity index (χ1v) is 14.4. The zero-order valence-corrected chi connectivity index (χ0v) is 23.7. The van der Waals surface area contributed by atoms with Gasteiger partial charge in [-0.3, -0.25) is 0 Å². The molecule has 3 heterocycles. The molecule has 2 unspecified atom stereocenters. The molecule has 0 aliphatic carbocycles. The number of halogens is 2. The zero-order valence-electron chi connectivity index (χ0n) is 21.4. The molecule has 40 heavy (non-hydrogen) atoms. The smallest absolute Gasteiger partial charge is 0.217 e. The molecule has 1 aliphatic rings. The number of rotatable bonds is 9. The van der Waals surface area contributed by atoms with Crippen LogP contribution in [0.1, 0.15) is 5.56 Å². The third-order valence-corrected chi connectivity index (χ3v) is 7.55. The van der Waals surface area contributed by atoms with E-state index in [1.54, 1.807) is 34.2 Å². The van der Waals surface area contributed by atoms with Crippen LogP contribution in [0.25, 0.3) is 16.8 Å². The highest BCUT2D eigenvalue weighted by atomic mass is 35.5. The van der Waals surface area contributed by atoms with Crippen molar-refractivity contribution in [3.8, 4) is 22.6 Å². The van der Waals surface area contributed by atoms with Crippen LogP contribution < -0.4 is 4.74 Å². The molecule has 1 saturated heterocycles. The summed E-state index contributed by atoms with van der Waals surface area (Å²) in [6.07, 6.45) is 6.41. The third kappa shape index (κ3) is 5.72. The monoisotopic (exact) mass is 594 g/mol. The highest BCUT2D eigenvalue weighted by Gasteiger charge is 2.45. The first kappa shape index (κ1) is 26.8. The van der Waals surface area contributed by atoms with Gasteiger partial charge in [0.2, 0.25) is 10.9 Å². The second kappa shape index (κ2) is 11.6. The molecule has 3 aromatic carbocycles. The van der Waals surface area contributed by atoms with Crippen LogP contribution >= 0.6 is 35.0 Å². The first-order chi connectivity index (χ1) is 19.5. The van der Waals surface area contributed by atoms with Crippen molar-refractivity contribution in [1.82, 2.24) is 29.5 Å². The number of hydrogen-bond donors (Lipinski definition) is 0. The van der Waals surface area contributed by atoms with E-state index in [2.05, 4.69) is 32.3 Å². The van der Waals surface area contributed by atoms with Gasteiger partial charge in [-0.1, -0.05) is 65.3 Å². The number of thioether (sulfide) groups is 1. The molecule has 5 aromatic rings. The highest BCUT2D eigenvalue weighted by molar-refractivity contribution is 7.98. The van der Waals surface area contributed by atoms with Crippen LogP contribution in [0.3, 0.4) is 0 Å². The van der Waals surface area contributed by atoms with E-state index in [0.717, 1.165) is 27.7 Å². The lowest BCUT2D eigenvalue weighted by Crippen LogP contribution is -2.35. The molecule has 0 spiro atoms. The summed E-state index contributed by atoms with van der Waals surface area (Å²) in [6.45, 7) is 0.893. The summed E-state index contributed by atoms with van der Waals surface area (Å²) >= 11 is 14.2. The summed E-state index contributed by atoms with van der Waals surface area (Å²) in [5.74, 6) is -0.419. The summed E-state index contributed by atoms with van der Waals surface area (Å²) in [4.78, 5) is 8.29. The normalized spacial score (nSPS) is 18.7. The second-order valence-corrected chi connectivity index (χ2v) is 10.7. The fourth-order valence-electron chi connectivity index (χ4n) is 4.49. The van der Waals surface area contributed by atoms with E-state index in [9.17, 15) is 0 Å². The molecule has 0 amide bonds. The van der Waals surface area contributed by atoms with Crippen LogP contribution in [0, 0.1) is 0 Å². The van der Waals surface area contributed by atoms with Crippen molar-refractivity contribution >= 4 is 35.0 Å². The maximum atomic E-state index is 6.54. The SMILES string of the molecule is CSc1ncn(-c2ccc(-c3ccc(OCC4COC(Cn5cncn5)(c5ccc(Cl)cc5Cl)O4)cc3)cc2)n1. The van der Waals surface area contributed by atoms with E-state index in [1.165, 1.54) is 18.1 Å². The summed E-state index contributed by atoms with van der Waals surface area (Å²) in [5.41, 5.74) is 3.79. The van der Waals surface area contributed by atoms with Crippen LogP contribution in [0.4, 0.5) is 0 Å². The van der Waals surface area contributed by atoms with Crippen LogP contribution in [0.5, 0.6) is 5.75 Å². The average Bonchev–Trinajstić information content (AvgIpc) is 3.75. The lowest BCUT2D eigenvalue weighted by molar-refractivity contribution is -0.190. The van der Waals surface area contributed by atoms with Gasteiger partial charge in [-0.05, 0) is 53.8 Å². The summed E-state index contributed by atoms with van der Waals surface area (Å²) in [5, 5.41) is 10.4. The van der Waals surface area contributed by atoms with Gasteiger partial charge in [-0.15, -0.1) is 5.10 Å². The highest BCUT2D eigenvalue weighted by Crippen LogP contribution is 2.40. The van der Waals surface area contributed by atoms with Gasteiger partial charge in [-0.2, -0.15) is 5.10 Å². The van der Waals surface area contributed by atoms with Crippen molar-refractivity contribution in [3.63, 3.8) is 0 Å². The van der Waals surface area contributed by atoms with Gasteiger partial charge in [-0.25, -0.2) is 19.3 Å². The van der Waals surface area contributed by atoms with Gasteiger partial charge in [0, 0.05) is 10.6 Å². The van der Waals surface area contributed by atoms with Gasteiger partial charge in [0.1, 0.15) is 44.0 Å². The molecule has 9 nitrogen and oxygen atoms in total. The van der Waals surface area contributed by atoms with Gasteiger partial charge < -0.3 is 14.2 Å². The number of benzene rings is 3. The molecular weight excluding hydrogens is 571 g/mol. The van der Waals surface area contributed by atoms with Crippen LogP contribution in [-0.4, -0.2) is 55.1 Å². The number of hydrogen-bond acceptors (Lipinski definition) is 8. The van der Waals surface area contributed by atoms with E-state index in [0.29, 0.717) is 28.8 Å². The van der Waals surface area contributed by atoms with E-state index in [-0.39, 0.29) is 12.6 Å². The lowest BCUT2D eigenvalue weighted by atomic mass is 10.1. The van der Waals surface area contributed by atoms with Crippen molar-refractivity contribution < 1.29 is 14.2 Å². The molecule has 0 saturated carbocycles. The van der Waals surface area contributed by atoms with Crippen LogP contribution in [0.2, 0.25) is 10.0 Å². The Morgan fingerprint density at radius 2 is 1.80 bits per heavy atom. The molecule has 0 N–H and O–H groups in total. The van der Waals surface area contributed by atoms with Crippen molar-refractivity contribution in [3.05, 3.63) is 101 Å². The van der Waals surface area contributed by atoms with Crippen molar-refractivity contribution in [2.24, 2.45) is 0 Å². The zero-order chi connectivity index (χ0) is 27.5. The van der Waals surface area contributed by atoms with Gasteiger partial charge in [0.15, 0.2) is 0 Å². The molecule has 1 fully saturated rings. The van der Waals surface area contributed by atoms with Gasteiger partial charge in [0.25, 0.3) is 0 Å². The molecule has 1 aliphatic heterocycles. The first-order valence-electron chi connectivity index (χ1n) is 12.4. The molecule has 0 radical (unpaired) electrons. The Morgan fingerprint density at radius 1 is 1.02 bits per heavy atom. The van der Waals surface area contributed by atoms with Crippen molar-refractivity contribution in [1.29, 1.82) is 0 Å². The molecule has 0 bridgehead atoms. The summed E-state index contributed by atoms with van der Waals surface area (Å²) in [7, 11) is 0. The fraction of sp³-hybridized carbons (Fsp3) is 0.214. The predicted octanol–water partition coefficient (Wildman–Crippen LogP) is 5.90. The minimum absolute atomic E-state index is 0.272. The second-order valence-electron chi connectivity index (χ2n) is 9.08. The standard InChI is InChI=1S/C28H24Cl2N6O3S/c1-40-27-32-18-36(34-27)22-7-2-19(3-8-22)20-4-9-23(10-5-20)37-13-24-14-38-28(39-24,15-35-17-31-16-33-35)25-11-6-21(29)12-26(25)30/h2-12,16-18,24H,13-15H2,1H3. The molecule has 6 rings (SSSR count). The van der Waals surface area contributed by atoms with E-state index < -0.39 is 5.79 Å². The minimum atomic E-state index is -1.15. The molecule has 2 aromatic heterocycles. The molecular formula is C28H24Cl2N6O3S. The van der Waals surface area contributed by atoms with Gasteiger partial charge in [0.05, 0.1) is 17.3 Å². The van der Waals surface area contributed by atoms with E-state index in [4.69, 9.17) is 37.4 Å². The predicted molar refractivity (Wildman–Crippen MR) is 153 cm³/mol. The Kier molecular flexibility index (Phi) is 7.77. The quantitative estimate of drug-likeness (QED) is 0.195. The Bertz CT molecular complexity index is 1580. The maximum absolute atomic E-state index is 6.54. The average molecular weight is 596 g/mol. The van der Waals surface area contributed by atoms with Crippen molar-refractivity contribution in [2.45, 2.75) is 23.6 Å². The Balaban J connectivity index is 1.11. The summed E-state index contributed by atoms with van der Waals surface area (Å²) in [6, 6.07) is 21.3. The van der Waals surface area contributed by atoms with Crippen LogP contribution in [-0.2, 0) is 21.8 Å². The Labute approximate surface area is 245 Å². The third-order valence-electron chi connectivity index (χ3n) is 6.45. The molecule has 2 atom stereocenters. The number of aromatic nitrogens is 6. The van der Waals surface area contributed by atoms with E-state index in [1.807, 2.05) is 48.7 Å². The summed E-state index contributed by atoms with van der Waals surface area (Å²) < 4.78 is 22.1. The Hall–Kier alpha value is -3.41. The van der Waals surface area contributed by atoms with Crippen molar-refractivity contribution in [2.75, 3.05) is 19.5 Å². The minimum Gasteiger partial charge on any atom is -0.491 e. The largest absolute Gasteiger partial charge is 0.491 e. The number of ether oxygens (including phenoxy) is 3. The Morgan fingerprint density at radius 3 is 2.48 bits per heavy atom. The number of nitrogens with zero attached hydrogens (tertiary/aromatic N) is 6. The van der Waals surface area contributed by atoms with Gasteiger partial charge >= 0.3 is 0 Å². The molecule has 204 valence electrons.